The summed E-state index contributed by atoms with van der Waals surface area (Å²) in [7, 11) is 1.84. The van der Waals surface area contributed by atoms with Gasteiger partial charge in [0.15, 0.2) is 5.96 Å². The lowest BCUT2D eigenvalue weighted by Crippen LogP contribution is -2.48. The first kappa shape index (κ1) is 23.6. The molecule has 1 aliphatic rings. The van der Waals surface area contributed by atoms with Gasteiger partial charge in [-0.1, -0.05) is 37.6 Å². The highest BCUT2D eigenvalue weighted by molar-refractivity contribution is 14.0. The number of likely N-dealkylation sites (tertiary alicyclic amines) is 1. The molecule has 2 heterocycles. The molecule has 0 radical (unpaired) electrons. The second kappa shape index (κ2) is 12.8. The highest BCUT2D eigenvalue weighted by Crippen LogP contribution is 2.17. The van der Waals surface area contributed by atoms with Crippen LogP contribution < -0.4 is 10.6 Å². The molecule has 2 aromatic rings. The van der Waals surface area contributed by atoms with Crippen LogP contribution >= 0.6 is 24.0 Å². The number of hydrogen-bond donors (Lipinski definition) is 2. The molecule has 0 atom stereocenters. The topological polar surface area (TPSA) is 52.5 Å². The molecule has 1 fully saturated rings. The fourth-order valence-corrected chi connectivity index (χ4v) is 3.63. The molecule has 1 saturated heterocycles. The van der Waals surface area contributed by atoms with Crippen molar-refractivity contribution in [2.24, 2.45) is 4.99 Å². The molecule has 6 heteroatoms. The summed E-state index contributed by atoms with van der Waals surface area (Å²) >= 11 is 0. The Labute approximate surface area is 192 Å². The van der Waals surface area contributed by atoms with Crippen LogP contribution in [0.3, 0.4) is 0 Å². The van der Waals surface area contributed by atoms with Crippen molar-refractivity contribution in [1.82, 2.24) is 20.5 Å². The molecule has 0 aliphatic carbocycles. The highest BCUT2D eigenvalue weighted by atomic mass is 127. The van der Waals surface area contributed by atoms with Crippen LogP contribution in [0.2, 0.25) is 0 Å². The standard InChI is InChI=1S/C23H33N5.HI/c1-3-4-14-28-15-11-21(12-16-28)27-23(24-2)26-18-19-8-7-9-20(17-19)22-10-5-6-13-25-22;/h5-10,13,17,21H,3-4,11-12,14-16,18H2,1-2H3,(H2,24,26,27);1H. The Morgan fingerprint density at radius 1 is 1.17 bits per heavy atom. The van der Waals surface area contributed by atoms with E-state index in [0.717, 1.165) is 23.8 Å². The van der Waals surface area contributed by atoms with E-state index < -0.39 is 0 Å². The van der Waals surface area contributed by atoms with E-state index in [1.165, 1.54) is 50.9 Å². The minimum atomic E-state index is 0. The lowest BCUT2D eigenvalue weighted by molar-refractivity contribution is 0.203. The maximum atomic E-state index is 4.44. The number of nitrogens with one attached hydrogen (secondary N) is 2. The quantitative estimate of drug-likeness (QED) is 0.334. The van der Waals surface area contributed by atoms with Crippen molar-refractivity contribution in [2.75, 3.05) is 26.7 Å². The zero-order chi connectivity index (χ0) is 19.6. The van der Waals surface area contributed by atoms with E-state index in [1.807, 2.05) is 31.4 Å². The van der Waals surface area contributed by atoms with Crippen molar-refractivity contribution in [3.8, 4) is 11.3 Å². The molecule has 0 bridgehead atoms. The summed E-state index contributed by atoms with van der Waals surface area (Å²) in [4.78, 5) is 11.4. The van der Waals surface area contributed by atoms with Crippen molar-refractivity contribution >= 4 is 29.9 Å². The van der Waals surface area contributed by atoms with Gasteiger partial charge < -0.3 is 15.5 Å². The molecule has 0 unspecified atom stereocenters. The van der Waals surface area contributed by atoms with E-state index in [4.69, 9.17) is 0 Å². The molecule has 5 nitrogen and oxygen atoms in total. The molecule has 0 amide bonds. The summed E-state index contributed by atoms with van der Waals surface area (Å²) in [6, 6.07) is 15.0. The monoisotopic (exact) mass is 507 g/mol. The smallest absolute Gasteiger partial charge is 0.191 e. The number of unbranched alkanes of at least 4 members (excludes halogenated alkanes) is 1. The number of nitrogens with zero attached hydrogens (tertiary/aromatic N) is 3. The van der Waals surface area contributed by atoms with Crippen LogP contribution in [0.5, 0.6) is 0 Å². The number of benzene rings is 1. The Morgan fingerprint density at radius 2 is 2.00 bits per heavy atom. The summed E-state index contributed by atoms with van der Waals surface area (Å²) in [5, 5.41) is 7.06. The first-order valence-corrected chi connectivity index (χ1v) is 10.5. The minimum absolute atomic E-state index is 0. The zero-order valence-corrected chi connectivity index (χ0v) is 19.9. The van der Waals surface area contributed by atoms with Crippen molar-refractivity contribution in [2.45, 2.75) is 45.2 Å². The van der Waals surface area contributed by atoms with Gasteiger partial charge >= 0.3 is 0 Å². The SMILES string of the molecule is CCCCN1CCC(NC(=NC)NCc2cccc(-c3ccccn3)c2)CC1.I. The maximum absolute atomic E-state index is 4.44. The predicted molar refractivity (Wildman–Crippen MR) is 133 cm³/mol. The molecular formula is C23H34IN5. The van der Waals surface area contributed by atoms with Gasteiger partial charge in [0.05, 0.1) is 5.69 Å². The van der Waals surface area contributed by atoms with Gasteiger partial charge in [0, 0.05) is 44.5 Å². The van der Waals surface area contributed by atoms with Gasteiger partial charge in [-0.05, 0) is 49.6 Å². The van der Waals surface area contributed by atoms with E-state index >= 15 is 0 Å². The first-order chi connectivity index (χ1) is 13.8. The lowest BCUT2D eigenvalue weighted by atomic mass is 10.0. The normalized spacial score (nSPS) is 15.6. The van der Waals surface area contributed by atoms with E-state index in [0.29, 0.717) is 6.04 Å². The average Bonchev–Trinajstić information content (AvgIpc) is 2.77. The second-order valence-electron chi connectivity index (χ2n) is 7.45. The number of pyridine rings is 1. The Kier molecular flexibility index (Phi) is 10.4. The molecule has 2 N–H and O–H groups in total. The van der Waals surface area contributed by atoms with Gasteiger partial charge in [-0.15, -0.1) is 24.0 Å². The second-order valence-corrected chi connectivity index (χ2v) is 7.45. The third kappa shape index (κ3) is 7.59. The van der Waals surface area contributed by atoms with Crippen molar-refractivity contribution in [3.63, 3.8) is 0 Å². The Morgan fingerprint density at radius 3 is 2.69 bits per heavy atom. The van der Waals surface area contributed by atoms with Gasteiger partial charge in [0.1, 0.15) is 0 Å². The van der Waals surface area contributed by atoms with Crippen LogP contribution in [0, 0.1) is 0 Å². The number of aromatic nitrogens is 1. The highest BCUT2D eigenvalue weighted by Gasteiger charge is 2.19. The van der Waals surface area contributed by atoms with E-state index in [-0.39, 0.29) is 24.0 Å². The minimum Gasteiger partial charge on any atom is -0.354 e. The van der Waals surface area contributed by atoms with Gasteiger partial charge in [0.25, 0.3) is 0 Å². The average molecular weight is 507 g/mol. The Bertz CT molecular complexity index is 742. The Balaban J connectivity index is 0.00000300. The lowest BCUT2D eigenvalue weighted by Gasteiger charge is -2.33. The summed E-state index contributed by atoms with van der Waals surface area (Å²) in [5.74, 6) is 0.884. The molecule has 3 rings (SSSR count). The first-order valence-electron chi connectivity index (χ1n) is 10.5. The number of piperidine rings is 1. The van der Waals surface area contributed by atoms with Gasteiger partial charge in [-0.25, -0.2) is 0 Å². The molecule has 0 saturated carbocycles. The van der Waals surface area contributed by atoms with Crippen LogP contribution in [-0.2, 0) is 6.54 Å². The van der Waals surface area contributed by atoms with Gasteiger partial charge in [-0.3, -0.25) is 9.98 Å². The molecule has 0 spiro atoms. The molecule has 1 aromatic heterocycles. The molecule has 1 aromatic carbocycles. The van der Waals surface area contributed by atoms with Crippen LogP contribution in [-0.4, -0.2) is 48.6 Å². The number of halogens is 1. The van der Waals surface area contributed by atoms with E-state index in [2.05, 4.69) is 56.7 Å². The third-order valence-electron chi connectivity index (χ3n) is 5.33. The maximum Gasteiger partial charge on any atom is 0.191 e. The number of aliphatic imine (C=N–C) groups is 1. The summed E-state index contributed by atoms with van der Waals surface area (Å²) in [5.41, 5.74) is 3.37. The van der Waals surface area contributed by atoms with Crippen LogP contribution in [0.1, 0.15) is 38.2 Å². The summed E-state index contributed by atoms with van der Waals surface area (Å²) < 4.78 is 0. The third-order valence-corrected chi connectivity index (χ3v) is 5.33. The van der Waals surface area contributed by atoms with Gasteiger partial charge in [0.2, 0.25) is 0 Å². The van der Waals surface area contributed by atoms with Crippen LogP contribution in [0.15, 0.2) is 53.7 Å². The van der Waals surface area contributed by atoms with Crippen molar-refractivity contribution in [1.29, 1.82) is 0 Å². The number of guanidine groups is 1. The Hall–Kier alpha value is -1.67. The van der Waals surface area contributed by atoms with Crippen LogP contribution in [0.4, 0.5) is 0 Å². The fraction of sp³-hybridized carbons (Fsp3) is 0.478. The zero-order valence-electron chi connectivity index (χ0n) is 17.6. The van der Waals surface area contributed by atoms with Crippen LogP contribution in [0.25, 0.3) is 11.3 Å². The number of hydrogen-bond acceptors (Lipinski definition) is 3. The molecule has 158 valence electrons. The summed E-state index contributed by atoms with van der Waals surface area (Å²) in [6.45, 7) is 6.61. The van der Waals surface area contributed by atoms with Crippen molar-refractivity contribution in [3.05, 3.63) is 54.2 Å². The molecule has 29 heavy (non-hydrogen) atoms. The largest absolute Gasteiger partial charge is 0.354 e. The predicted octanol–water partition coefficient (Wildman–Crippen LogP) is 4.30. The van der Waals surface area contributed by atoms with Crippen molar-refractivity contribution < 1.29 is 0 Å². The molecular weight excluding hydrogens is 473 g/mol. The van der Waals surface area contributed by atoms with E-state index in [1.54, 1.807) is 0 Å². The fourth-order valence-electron chi connectivity index (χ4n) is 3.63. The van der Waals surface area contributed by atoms with Gasteiger partial charge in [-0.2, -0.15) is 0 Å². The molecule has 1 aliphatic heterocycles. The number of rotatable bonds is 7. The summed E-state index contributed by atoms with van der Waals surface area (Å²) in [6.07, 6.45) is 6.77. The van der Waals surface area contributed by atoms with E-state index in [9.17, 15) is 0 Å².